The van der Waals surface area contributed by atoms with Crippen LogP contribution < -0.4 is 9.64 Å². The SMILES string of the molecule is COc1cc(N2CC[C@@H]3OCCN(CC4CC4)[C@H]3CC2)ncn1. The Kier molecular flexibility index (Phi) is 4.35. The summed E-state index contributed by atoms with van der Waals surface area (Å²) in [5.41, 5.74) is 0. The van der Waals surface area contributed by atoms with Gasteiger partial charge in [-0.15, -0.1) is 0 Å². The second kappa shape index (κ2) is 6.61. The molecule has 2 aliphatic heterocycles. The van der Waals surface area contributed by atoms with E-state index in [9.17, 15) is 0 Å². The third-order valence-corrected chi connectivity index (χ3v) is 5.34. The first-order valence-electron chi connectivity index (χ1n) is 8.80. The van der Waals surface area contributed by atoms with Crippen LogP contribution in [0.1, 0.15) is 25.7 Å². The maximum absolute atomic E-state index is 6.10. The van der Waals surface area contributed by atoms with E-state index in [1.165, 1.54) is 19.4 Å². The molecule has 0 amide bonds. The van der Waals surface area contributed by atoms with Gasteiger partial charge in [0.1, 0.15) is 12.1 Å². The molecule has 3 aliphatic rings. The molecule has 0 spiro atoms. The molecule has 4 rings (SSSR count). The van der Waals surface area contributed by atoms with Crippen molar-refractivity contribution >= 4 is 5.82 Å². The number of nitrogens with zero attached hydrogens (tertiary/aromatic N) is 4. The van der Waals surface area contributed by atoms with E-state index in [1.54, 1.807) is 13.4 Å². The first-order chi connectivity index (χ1) is 11.3. The summed E-state index contributed by atoms with van der Waals surface area (Å²) in [7, 11) is 1.65. The van der Waals surface area contributed by atoms with Gasteiger partial charge in [-0.25, -0.2) is 9.97 Å². The molecular weight excluding hydrogens is 292 g/mol. The van der Waals surface area contributed by atoms with Crippen molar-refractivity contribution in [1.82, 2.24) is 14.9 Å². The van der Waals surface area contributed by atoms with Crippen molar-refractivity contribution in [3.05, 3.63) is 12.4 Å². The zero-order valence-corrected chi connectivity index (χ0v) is 13.9. The summed E-state index contributed by atoms with van der Waals surface area (Å²) in [5.74, 6) is 2.53. The lowest BCUT2D eigenvalue weighted by atomic mass is 10.0. The molecule has 2 saturated heterocycles. The van der Waals surface area contributed by atoms with Gasteiger partial charge in [0.05, 0.1) is 19.8 Å². The predicted octanol–water partition coefficient (Wildman–Crippen LogP) is 1.56. The summed E-state index contributed by atoms with van der Waals surface area (Å²) in [5, 5.41) is 0. The molecule has 1 aliphatic carbocycles. The van der Waals surface area contributed by atoms with Crippen LogP contribution in [0, 0.1) is 5.92 Å². The average molecular weight is 318 g/mol. The van der Waals surface area contributed by atoms with Gasteiger partial charge in [-0.2, -0.15) is 0 Å². The highest BCUT2D eigenvalue weighted by Gasteiger charge is 2.37. The summed E-state index contributed by atoms with van der Waals surface area (Å²) in [4.78, 5) is 13.6. The van der Waals surface area contributed by atoms with Gasteiger partial charge in [-0.05, 0) is 31.6 Å². The van der Waals surface area contributed by atoms with Gasteiger partial charge in [0, 0.05) is 38.3 Å². The summed E-state index contributed by atoms with van der Waals surface area (Å²) in [6.45, 7) is 5.25. The highest BCUT2D eigenvalue weighted by atomic mass is 16.5. The molecule has 0 bridgehead atoms. The Morgan fingerprint density at radius 3 is 2.87 bits per heavy atom. The van der Waals surface area contributed by atoms with E-state index in [1.807, 2.05) is 6.07 Å². The summed E-state index contributed by atoms with van der Waals surface area (Å²) < 4.78 is 11.3. The van der Waals surface area contributed by atoms with E-state index in [-0.39, 0.29) is 0 Å². The van der Waals surface area contributed by atoms with Crippen LogP contribution >= 0.6 is 0 Å². The Morgan fingerprint density at radius 2 is 2.04 bits per heavy atom. The molecule has 0 N–H and O–H groups in total. The van der Waals surface area contributed by atoms with Gasteiger partial charge in [-0.3, -0.25) is 4.90 Å². The normalized spacial score (nSPS) is 29.0. The second-order valence-corrected chi connectivity index (χ2v) is 6.90. The van der Waals surface area contributed by atoms with E-state index in [4.69, 9.17) is 9.47 Å². The Morgan fingerprint density at radius 1 is 1.17 bits per heavy atom. The molecule has 126 valence electrons. The van der Waals surface area contributed by atoms with Gasteiger partial charge in [-0.1, -0.05) is 0 Å². The maximum Gasteiger partial charge on any atom is 0.218 e. The number of ether oxygens (including phenoxy) is 2. The lowest BCUT2D eigenvalue weighted by Crippen LogP contribution is -2.51. The largest absolute Gasteiger partial charge is 0.481 e. The first-order valence-corrected chi connectivity index (χ1v) is 8.80. The molecule has 3 fully saturated rings. The van der Waals surface area contributed by atoms with Crippen LogP contribution in [0.3, 0.4) is 0 Å². The Labute approximate surface area is 137 Å². The van der Waals surface area contributed by atoms with Crippen LogP contribution in [0.5, 0.6) is 5.88 Å². The summed E-state index contributed by atoms with van der Waals surface area (Å²) in [6.07, 6.45) is 7.00. The standard InChI is InChI=1S/C17H26N4O2/c1-22-17-10-16(18-12-19-17)20-6-4-14-15(5-7-20)23-9-8-21(14)11-13-2-3-13/h10,12-15H,2-9,11H2,1H3/t14-,15-/m0/s1. The number of methoxy groups -OCH3 is 1. The Balaban J connectivity index is 1.45. The van der Waals surface area contributed by atoms with Crippen LogP contribution in [0.2, 0.25) is 0 Å². The Hall–Kier alpha value is -1.40. The van der Waals surface area contributed by atoms with Crippen molar-refractivity contribution in [3.63, 3.8) is 0 Å². The number of rotatable bonds is 4. The van der Waals surface area contributed by atoms with Crippen molar-refractivity contribution in [2.24, 2.45) is 5.92 Å². The fraction of sp³-hybridized carbons (Fsp3) is 0.765. The van der Waals surface area contributed by atoms with E-state index >= 15 is 0 Å². The van der Waals surface area contributed by atoms with E-state index in [0.29, 0.717) is 18.0 Å². The van der Waals surface area contributed by atoms with E-state index < -0.39 is 0 Å². The number of hydrogen-bond acceptors (Lipinski definition) is 6. The van der Waals surface area contributed by atoms with E-state index in [0.717, 1.165) is 50.8 Å². The zero-order chi connectivity index (χ0) is 15.6. The number of morpholine rings is 1. The minimum atomic E-state index is 0.372. The van der Waals surface area contributed by atoms with Crippen molar-refractivity contribution in [2.75, 3.05) is 44.8 Å². The molecule has 6 nitrogen and oxygen atoms in total. The van der Waals surface area contributed by atoms with E-state index in [2.05, 4.69) is 19.8 Å². The first kappa shape index (κ1) is 15.1. The molecular formula is C17H26N4O2. The molecule has 0 aromatic carbocycles. The van der Waals surface area contributed by atoms with Gasteiger partial charge in [0.2, 0.25) is 5.88 Å². The highest BCUT2D eigenvalue weighted by Crippen LogP contribution is 2.33. The smallest absolute Gasteiger partial charge is 0.218 e. The molecule has 0 radical (unpaired) electrons. The maximum atomic E-state index is 6.10. The third kappa shape index (κ3) is 3.43. The number of anilines is 1. The number of fused-ring (bicyclic) bond motifs is 1. The number of hydrogen-bond donors (Lipinski definition) is 0. The fourth-order valence-corrected chi connectivity index (χ4v) is 3.86. The van der Waals surface area contributed by atoms with Crippen LogP contribution in [0.15, 0.2) is 12.4 Å². The van der Waals surface area contributed by atoms with Crippen molar-refractivity contribution < 1.29 is 9.47 Å². The van der Waals surface area contributed by atoms with Crippen LogP contribution in [0.25, 0.3) is 0 Å². The van der Waals surface area contributed by atoms with Crippen LogP contribution in [-0.2, 0) is 4.74 Å². The van der Waals surface area contributed by atoms with Gasteiger partial charge in [0.15, 0.2) is 0 Å². The molecule has 2 atom stereocenters. The van der Waals surface area contributed by atoms with Crippen LogP contribution in [0.4, 0.5) is 5.82 Å². The molecule has 23 heavy (non-hydrogen) atoms. The van der Waals surface area contributed by atoms with Crippen molar-refractivity contribution in [3.8, 4) is 5.88 Å². The molecule has 6 heteroatoms. The highest BCUT2D eigenvalue weighted by molar-refractivity contribution is 5.41. The molecule has 1 aromatic heterocycles. The van der Waals surface area contributed by atoms with Crippen molar-refractivity contribution in [2.45, 2.75) is 37.8 Å². The summed E-state index contributed by atoms with van der Waals surface area (Å²) >= 11 is 0. The minimum absolute atomic E-state index is 0.372. The number of aromatic nitrogens is 2. The monoisotopic (exact) mass is 318 g/mol. The summed E-state index contributed by atoms with van der Waals surface area (Å²) in [6, 6.07) is 2.50. The fourth-order valence-electron chi connectivity index (χ4n) is 3.86. The van der Waals surface area contributed by atoms with Gasteiger partial charge in [0.25, 0.3) is 0 Å². The van der Waals surface area contributed by atoms with Gasteiger partial charge < -0.3 is 14.4 Å². The molecule has 1 saturated carbocycles. The molecule has 1 aromatic rings. The lowest BCUT2D eigenvalue weighted by Gasteiger charge is -2.40. The Bertz CT molecular complexity index is 537. The minimum Gasteiger partial charge on any atom is -0.481 e. The third-order valence-electron chi connectivity index (χ3n) is 5.34. The topological polar surface area (TPSA) is 50.7 Å². The quantitative estimate of drug-likeness (QED) is 0.840. The van der Waals surface area contributed by atoms with Crippen molar-refractivity contribution in [1.29, 1.82) is 0 Å². The van der Waals surface area contributed by atoms with Gasteiger partial charge >= 0.3 is 0 Å². The second-order valence-electron chi connectivity index (χ2n) is 6.90. The zero-order valence-electron chi connectivity index (χ0n) is 13.9. The molecule has 3 heterocycles. The average Bonchev–Trinajstić information content (AvgIpc) is 3.41. The molecule has 0 unspecified atom stereocenters. The van der Waals surface area contributed by atoms with Crippen LogP contribution in [-0.4, -0.2) is 66.9 Å². The predicted molar refractivity (Wildman–Crippen MR) is 87.9 cm³/mol. The lowest BCUT2D eigenvalue weighted by molar-refractivity contribution is -0.0726.